The van der Waals surface area contributed by atoms with E-state index in [0.29, 0.717) is 12.6 Å². The monoisotopic (exact) mass is 203 g/mol. The summed E-state index contributed by atoms with van der Waals surface area (Å²) in [5.74, 6) is 0. The Kier molecular flexibility index (Phi) is 3.04. The molecular weight excluding hydrogens is 186 g/mol. The Morgan fingerprint density at radius 1 is 1.40 bits per heavy atom. The minimum atomic E-state index is 0.368. The van der Waals surface area contributed by atoms with Crippen LogP contribution in [0, 0.1) is 0 Å². The second-order valence-electron chi connectivity index (χ2n) is 3.92. The molecule has 80 valence electrons. The topological polar surface area (TPSA) is 53.8 Å². The van der Waals surface area contributed by atoms with Gasteiger partial charge >= 0.3 is 0 Å². The van der Waals surface area contributed by atoms with Crippen LogP contribution in [0.5, 0.6) is 0 Å². The zero-order valence-electron chi connectivity index (χ0n) is 8.96. The largest absolute Gasteiger partial charge is 0.361 e. The highest BCUT2D eigenvalue weighted by Crippen LogP contribution is 2.14. The molecule has 2 rings (SSSR count). The maximum atomic E-state index is 5.54. The molecule has 0 aliphatic heterocycles. The maximum absolute atomic E-state index is 5.54. The smallest absolute Gasteiger partial charge is 0.0454 e. The third kappa shape index (κ3) is 2.37. The molecule has 0 bridgehead atoms. The Balaban J connectivity index is 2.08. The normalized spacial score (nSPS) is 13.2. The van der Waals surface area contributed by atoms with E-state index in [0.717, 1.165) is 6.54 Å². The van der Waals surface area contributed by atoms with Gasteiger partial charge in [-0.1, -0.05) is 6.07 Å². The molecule has 15 heavy (non-hydrogen) atoms. The second-order valence-corrected chi connectivity index (χ2v) is 3.92. The van der Waals surface area contributed by atoms with Gasteiger partial charge in [0.25, 0.3) is 0 Å². The van der Waals surface area contributed by atoms with Crippen molar-refractivity contribution in [2.45, 2.75) is 19.5 Å². The summed E-state index contributed by atoms with van der Waals surface area (Å²) in [5.41, 5.74) is 8.02. The molecule has 3 nitrogen and oxygen atoms in total. The van der Waals surface area contributed by atoms with Gasteiger partial charge in [-0.3, -0.25) is 0 Å². The number of aromatic nitrogens is 1. The second kappa shape index (κ2) is 4.47. The van der Waals surface area contributed by atoms with Crippen molar-refractivity contribution in [2.24, 2.45) is 5.73 Å². The first-order valence-corrected chi connectivity index (χ1v) is 5.29. The molecule has 1 aromatic carbocycles. The van der Waals surface area contributed by atoms with Gasteiger partial charge in [-0.15, -0.1) is 0 Å². The van der Waals surface area contributed by atoms with Crippen molar-refractivity contribution >= 4 is 10.9 Å². The van der Waals surface area contributed by atoms with Crippen LogP contribution in [0.3, 0.4) is 0 Å². The van der Waals surface area contributed by atoms with Gasteiger partial charge < -0.3 is 16.0 Å². The standard InChI is InChI=1S/C12H17N3/c1-9(7-13)15-8-10-2-3-12-11(6-10)4-5-14-12/h2-6,9,14-15H,7-8,13H2,1H3/t9-/m0/s1. The van der Waals surface area contributed by atoms with E-state index in [4.69, 9.17) is 5.73 Å². The number of hydrogen-bond donors (Lipinski definition) is 3. The van der Waals surface area contributed by atoms with Crippen molar-refractivity contribution in [3.05, 3.63) is 36.0 Å². The Bertz CT molecular complexity index is 433. The lowest BCUT2D eigenvalue weighted by molar-refractivity contribution is 0.556. The zero-order chi connectivity index (χ0) is 10.7. The van der Waals surface area contributed by atoms with Crippen LogP contribution in [0.4, 0.5) is 0 Å². The van der Waals surface area contributed by atoms with Gasteiger partial charge in [-0.25, -0.2) is 0 Å². The van der Waals surface area contributed by atoms with Crippen LogP contribution in [0.1, 0.15) is 12.5 Å². The minimum Gasteiger partial charge on any atom is -0.361 e. The number of nitrogens with two attached hydrogens (primary N) is 1. The van der Waals surface area contributed by atoms with Crippen LogP contribution in [0.2, 0.25) is 0 Å². The molecule has 0 saturated heterocycles. The molecule has 1 aromatic heterocycles. The first kappa shape index (κ1) is 10.2. The summed E-state index contributed by atoms with van der Waals surface area (Å²) in [6.45, 7) is 3.64. The molecule has 0 radical (unpaired) electrons. The predicted octanol–water partition coefficient (Wildman–Crippen LogP) is 1.60. The van der Waals surface area contributed by atoms with Gasteiger partial charge in [-0.05, 0) is 36.1 Å². The van der Waals surface area contributed by atoms with E-state index < -0.39 is 0 Å². The van der Waals surface area contributed by atoms with Gasteiger partial charge in [0.2, 0.25) is 0 Å². The lowest BCUT2D eigenvalue weighted by Crippen LogP contribution is -2.32. The van der Waals surface area contributed by atoms with Crippen LogP contribution >= 0.6 is 0 Å². The maximum Gasteiger partial charge on any atom is 0.0454 e. The van der Waals surface area contributed by atoms with E-state index >= 15 is 0 Å². The Morgan fingerprint density at radius 3 is 3.07 bits per heavy atom. The van der Waals surface area contributed by atoms with E-state index in [1.807, 2.05) is 6.20 Å². The SMILES string of the molecule is C[C@@H](CN)NCc1ccc2[nH]ccc2c1. The number of hydrogen-bond acceptors (Lipinski definition) is 2. The molecule has 0 fully saturated rings. The highest BCUT2D eigenvalue weighted by Gasteiger charge is 2.00. The van der Waals surface area contributed by atoms with Crippen molar-refractivity contribution < 1.29 is 0 Å². The summed E-state index contributed by atoms with van der Waals surface area (Å²) < 4.78 is 0. The Morgan fingerprint density at radius 2 is 2.27 bits per heavy atom. The summed E-state index contributed by atoms with van der Waals surface area (Å²) >= 11 is 0. The fourth-order valence-corrected chi connectivity index (χ4v) is 1.59. The number of benzene rings is 1. The quantitative estimate of drug-likeness (QED) is 0.707. The van der Waals surface area contributed by atoms with E-state index in [1.165, 1.54) is 16.5 Å². The summed E-state index contributed by atoms with van der Waals surface area (Å²) in [6, 6.07) is 8.90. The Hall–Kier alpha value is -1.32. The van der Waals surface area contributed by atoms with Crippen LogP contribution in [-0.2, 0) is 6.54 Å². The van der Waals surface area contributed by atoms with Gasteiger partial charge in [0, 0.05) is 30.8 Å². The van der Waals surface area contributed by atoms with Gasteiger partial charge in [-0.2, -0.15) is 0 Å². The third-order valence-electron chi connectivity index (χ3n) is 2.63. The summed E-state index contributed by atoms with van der Waals surface area (Å²) in [6.07, 6.45) is 1.96. The fourth-order valence-electron chi connectivity index (χ4n) is 1.59. The Labute approximate surface area is 89.7 Å². The number of rotatable bonds is 4. The van der Waals surface area contributed by atoms with Crippen molar-refractivity contribution in [3.63, 3.8) is 0 Å². The number of nitrogens with one attached hydrogen (secondary N) is 2. The summed E-state index contributed by atoms with van der Waals surface area (Å²) in [5, 5.41) is 4.63. The van der Waals surface area contributed by atoms with E-state index in [-0.39, 0.29) is 0 Å². The molecule has 0 spiro atoms. The van der Waals surface area contributed by atoms with Crippen molar-refractivity contribution in [3.8, 4) is 0 Å². The average molecular weight is 203 g/mol. The van der Waals surface area contributed by atoms with Crippen LogP contribution in [-0.4, -0.2) is 17.6 Å². The number of fused-ring (bicyclic) bond motifs is 1. The summed E-state index contributed by atoms with van der Waals surface area (Å²) in [7, 11) is 0. The molecule has 0 saturated carbocycles. The number of H-pyrrole nitrogens is 1. The zero-order valence-corrected chi connectivity index (χ0v) is 8.96. The molecule has 0 amide bonds. The van der Waals surface area contributed by atoms with Gasteiger partial charge in [0.05, 0.1) is 0 Å². The van der Waals surface area contributed by atoms with Gasteiger partial charge in [0.1, 0.15) is 0 Å². The third-order valence-corrected chi connectivity index (χ3v) is 2.63. The number of aromatic amines is 1. The molecule has 0 aliphatic rings. The first-order chi connectivity index (χ1) is 7.29. The molecule has 0 aliphatic carbocycles. The highest BCUT2D eigenvalue weighted by atomic mass is 14.9. The molecule has 4 N–H and O–H groups in total. The molecule has 2 aromatic rings. The molecule has 1 atom stereocenters. The molecular formula is C12H17N3. The summed E-state index contributed by atoms with van der Waals surface area (Å²) in [4.78, 5) is 3.18. The van der Waals surface area contributed by atoms with Crippen LogP contribution < -0.4 is 11.1 Å². The van der Waals surface area contributed by atoms with Crippen LogP contribution in [0.25, 0.3) is 10.9 Å². The lowest BCUT2D eigenvalue weighted by Gasteiger charge is -2.10. The molecule has 3 heteroatoms. The minimum absolute atomic E-state index is 0.368. The molecule has 0 unspecified atom stereocenters. The van der Waals surface area contributed by atoms with Crippen LogP contribution in [0.15, 0.2) is 30.5 Å². The fraction of sp³-hybridized carbons (Fsp3) is 0.333. The molecule has 1 heterocycles. The van der Waals surface area contributed by atoms with Gasteiger partial charge in [0.15, 0.2) is 0 Å². The van der Waals surface area contributed by atoms with E-state index in [9.17, 15) is 0 Å². The first-order valence-electron chi connectivity index (χ1n) is 5.29. The van der Waals surface area contributed by atoms with Crippen molar-refractivity contribution in [1.82, 2.24) is 10.3 Å². The van der Waals surface area contributed by atoms with Crippen molar-refractivity contribution in [2.75, 3.05) is 6.54 Å². The van der Waals surface area contributed by atoms with Crippen molar-refractivity contribution in [1.29, 1.82) is 0 Å². The average Bonchev–Trinajstić information content (AvgIpc) is 2.72. The van der Waals surface area contributed by atoms with E-state index in [1.54, 1.807) is 0 Å². The predicted molar refractivity (Wildman–Crippen MR) is 63.7 cm³/mol. The van der Waals surface area contributed by atoms with E-state index in [2.05, 4.69) is 41.5 Å². The highest BCUT2D eigenvalue weighted by molar-refractivity contribution is 5.79. The lowest BCUT2D eigenvalue weighted by atomic mass is 10.1.